The number of anilines is 2. The number of nitrogens with zero attached hydrogens (tertiary/aromatic N) is 4. The topological polar surface area (TPSA) is 122 Å². The zero-order chi connectivity index (χ0) is 19.3. The third-order valence-electron chi connectivity index (χ3n) is 4.03. The van der Waals surface area contributed by atoms with Crippen LogP contribution in [0.1, 0.15) is 13.8 Å². The van der Waals surface area contributed by atoms with E-state index >= 15 is 0 Å². The number of amidine groups is 1. The van der Waals surface area contributed by atoms with Gasteiger partial charge in [0, 0.05) is 32.1 Å². The number of amides is 1. The molecular formula is C17H22ClN7O. The van der Waals surface area contributed by atoms with E-state index in [1.54, 1.807) is 18.2 Å². The molecule has 0 saturated carbocycles. The maximum atomic E-state index is 12.1. The smallest absolute Gasteiger partial charge is 0.225 e. The van der Waals surface area contributed by atoms with Crippen LogP contribution in [-0.4, -0.2) is 48.5 Å². The highest BCUT2D eigenvalue weighted by Gasteiger charge is 2.23. The van der Waals surface area contributed by atoms with E-state index in [2.05, 4.69) is 15.4 Å². The van der Waals surface area contributed by atoms with E-state index in [0.717, 1.165) is 5.69 Å². The lowest BCUT2D eigenvalue weighted by molar-refractivity contribution is -0.134. The van der Waals surface area contributed by atoms with Crippen LogP contribution in [0.4, 0.5) is 11.4 Å². The molecule has 138 valence electrons. The van der Waals surface area contributed by atoms with Crippen LogP contribution in [0.3, 0.4) is 0 Å². The number of piperazine rings is 1. The first-order valence-corrected chi connectivity index (χ1v) is 8.62. The molecule has 2 rings (SSSR count). The van der Waals surface area contributed by atoms with Gasteiger partial charge in [-0.25, -0.2) is 0 Å². The van der Waals surface area contributed by atoms with Gasteiger partial charge in [-0.3, -0.25) is 15.6 Å². The van der Waals surface area contributed by atoms with Gasteiger partial charge >= 0.3 is 0 Å². The molecule has 0 bridgehead atoms. The first-order chi connectivity index (χ1) is 12.3. The summed E-state index contributed by atoms with van der Waals surface area (Å²) in [6.45, 7) is 6.58. The third-order valence-corrected chi connectivity index (χ3v) is 4.33. The van der Waals surface area contributed by atoms with Crippen molar-refractivity contribution in [3.05, 3.63) is 23.2 Å². The summed E-state index contributed by atoms with van der Waals surface area (Å²) in [5.74, 6) is -0.229. The van der Waals surface area contributed by atoms with Crippen molar-refractivity contribution >= 4 is 40.4 Å². The van der Waals surface area contributed by atoms with E-state index in [0.29, 0.717) is 36.9 Å². The molecule has 0 atom stereocenters. The molecule has 1 aliphatic rings. The van der Waals surface area contributed by atoms with Gasteiger partial charge < -0.3 is 15.5 Å². The van der Waals surface area contributed by atoms with Crippen LogP contribution >= 0.6 is 11.6 Å². The van der Waals surface area contributed by atoms with E-state index in [1.165, 1.54) is 0 Å². The van der Waals surface area contributed by atoms with Crippen molar-refractivity contribution in [2.24, 2.45) is 16.8 Å². The van der Waals surface area contributed by atoms with Gasteiger partial charge in [0.15, 0.2) is 5.84 Å². The second kappa shape index (κ2) is 8.54. The number of rotatable bonds is 5. The normalized spacial score (nSPS) is 15.0. The monoisotopic (exact) mass is 375 g/mol. The average Bonchev–Trinajstić information content (AvgIpc) is 2.61. The number of carbonyl (C=O) groups is 1. The standard InChI is InChI=1S/C17H22ClN7O/c1-11(2)17(26)25-7-5-24(6-8-25)15-4-3-12(9-13(15)18)22-23-14(10-19)16(20)21/h3-4,9,11,22H,5-8H2,1-2H3,(H3,20,21)/b23-14+. The molecule has 1 aliphatic heterocycles. The van der Waals surface area contributed by atoms with Crippen molar-refractivity contribution in [1.29, 1.82) is 10.7 Å². The van der Waals surface area contributed by atoms with Crippen molar-refractivity contribution in [2.45, 2.75) is 13.8 Å². The molecular weight excluding hydrogens is 354 g/mol. The summed E-state index contributed by atoms with van der Waals surface area (Å²) in [7, 11) is 0. The Bertz CT molecular complexity index is 761. The molecule has 4 N–H and O–H groups in total. The zero-order valence-electron chi connectivity index (χ0n) is 14.8. The molecule has 26 heavy (non-hydrogen) atoms. The predicted octanol–water partition coefficient (Wildman–Crippen LogP) is 1.87. The maximum absolute atomic E-state index is 12.1. The molecule has 1 aromatic carbocycles. The summed E-state index contributed by atoms with van der Waals surface area (Å²) in [6.07, 6.45) is 0. The number of nitriles is 1. The van der Waals surface area contributed by atoms with Crippen LogP contribution in [0.5, 0.6) is 0 Å². The highest BCUT2D eigenvalue weighted by Crippen LogP contribution is 2.29. The number of hydrogen-bond donors (Lipinski definition) is 3. The molecule has 0 spiro atoms. The summed E-state index contributed by atoms with van der Waals surface area (Å²) in [5, 5.41) is 20.4. The van der Waals surface area contributed by atoms with Crippen LogP contribution in [0.2, 0.25) is 5.02 Å². The molecule has 9 heteroatoms. The number of benzene rings is 1. The third kappa shape index (κ3) is 4.64. The number of hydrazone groups is 1. The first-order valence-electron chi connectivity index (χ1n) is 8.25. The Kier molecular flexibility index (Phi) is 6.41. The van der Waals surface area contributed by atoms with Gasteiger partial charge in [-0.05, 0) is 18.2 Å². The lowest BCUT2D eigenvalue weighted by Crippen LogP contribution is -2.50. The molecule has 0 aromatic heterocycles. The average molecular weight is 376 g/mol. The Labute approximate surface area is 157 Å². The van der Waals surface area contributed by atoms with Crippen LogP contribution in [-0.2, 0) is 4.79 Å². The lowest BCUT2D eigenvalue weighted by Gasteiger charge is -2.37. The Hall–Kier alpha value is -2.79. The van der Waals surface area contributed by atoms with Crippen molar-refractivity contribution in [2.75, 3.05) is 36.5 Å². The number of hydrogen-bond acceptors (Lipinski definition) is 6. The van der Waals surface area contributed by atoms with Gasteiger partial charge in [0.25, 0.3) is 0 Å². The Balaban J connectivity index is 2.04. The highest BCUT2D eigenvalue weighted by molar-refractivity contribution is 6.45. The summed E-state index contributed by atoms with van der Waals surface area (Å²) in [4.78, 5) is 16.1. The molecule has 1 saturated heterocycles. The minimum absolute atomic E-state index is 0.00403. The fraction of sp³-hybridized carbons (Fsp3) is 0.412. The number of halogens is 1. The Morgan fingerprint density at radius 3 is 2.54 bits per heavy atom. The van der Waals surface area contributed by atoms with Crippen LogP contribution in [0.15, 0.2) is 23.3 Å². The van der Waals surface area contributed by atoms with Crippen LogP contribution in [0, 0.1) is 22.7 Å². The van der Waals surface area contributed by atoms with Gasteiger partial charge in [-0.2, -0.15) is 10.4 Å². The first kappa shape index (κ1) is 19.5. The largest absolute Gasteiger partial charge is 0.382 e. The number of nitrogens with one attached hydrogen (secondary N) is 2. The van der Waals surface area contributed by atoms with E-state index in [1.807, 2.05) is 24.8 Å². The zero-order valence-corrected chi connectivity index (χ0v) is 15.5. The second-order valence-corrected chi connectivity index (χ2v) is 6.64. The van der Waals surface area contributed by atoms with Crippen molar-refractivity contribution in [3.63, 3.8) is 0 Å². The molecule has 1 fully saturated rings. The molecule has 8 nitrogen and oxygen atoms in total. The summed E-state index contributed by atoms with van der Waals surface area (Å²) < 4.78 is 0. The van der Waals surface area contributed by atoms with Crippen molar-refractivity contribution in [1.82, 2.24) is 4.90 Å². The maximum Gasteiger partial charge on any atom is 0.225 e. The molecule has 1 amide bonds. The van der Waals surface area contributed by atoms with E-state index < -0.39 is 5.84 Å². The Morgan fingerprint density at radius 2 is 2.04 bits per heavy atom. The minimum atomic E-state index is -0.406. The van der Waals surface area contributed by atoms with Gasteiger partial charge in [-0.1, -0.05) is 25.4 Å². The second-order valence-electron chi connectivity index (χ2n) is 6.23. The SMILES string of the molecule is CC(C)C(=O)N1CCN(c2ccc(N/N=C(\C#N)C(=N)N)cc2Cl)CC1. The fourth-order valence-electron chi connectivity index (χ4n) is 2.63. The molecule has 0 unspecified atom stereocenters. The highest BCUT2D eigenvalue weighted by atomic mass is 35.5. The van der Waals surface area contributed by atoms with Gasteiger partial charge in [0.2, 0.25) is 11.6 Å². The van der Waals surface area contributed by atoms with Gasteiger partial charge in [-0.15, -0.1) is 0 Å². The van der Waals surface area contributed by atoms with Gasteiger partial charge in [0.1, 0.15) is 6.07 Å². The number of carbonyl (C=O) groups excluding carboxylic acids is 1. The summed E-state index contributed by atoms with van der Waals surface area (Å²) in [5.41, 5.74) is 9.18. The minimum Gasteiger partial charge on any atom is -0.382 e. The molecule has 1 aromatic rings. The van der Waals surface area contributed by atoms with Crippen LogP contribution in [0.25, 0.3) is 0 Å². The predicted molar refractivity (Wildman–Crippen MR) is 104 cm³/mol. The summed E-state index contributed by atoms with van der Waals surface area (Å²) >= 11 is 6.38. The number of nitrogens with two attached hydrogens (primary N) is 1. The van der Waals surface area contributed by atoms with Crippen molar-refractivity contribution < 1.29 is 4.79 Å². The molecule has 1 heterocycles. The quantitative estimate of drug-likeness (QED) is 0.412. The van der Waals surface area contributed by atoms with Crippen molar-refractivity contribution in [3.8, 4) is 6.07 Å². The Morgan fingerprint density at radius 1 is 1.38 bits per heavy atom. The van der Waals surface area contributed by atoms with E-state index in [-0.39, 0.29) is 17.5 Å². The fourth-order valence-corrected chi connectivity index (χ4v) is 2.93. The lowest BCUT2D eigenvalue weighted by atomic mass is 10.1. The van der Waals surface area contributed by atoms with E-state index in [9.17, 15) is 4.79 Å². The molecule has 0 aliphatic carbocycles. The summed E-state index contributed by atoms with van der Waals surface area (Å²) in [6, 6.07) is 7.07. The van der Waals surface area contributed by atoms with E-state index in [4.69, 9.17) is 28.0 Å². The van der Waals surface area contributed by atoms with Crippen LogP contribution < -0.4 is 16.1 Å². The molecule has 0 radical (unpaired) electrons. The van der Waals surface area contributed by atoms with Gasteiger partial charge in [0.05, 0.1) is 16.4 Å².